The highest BCUT2D eigenvalue weighted by molar-refractivity contribution is 5.78. The van der Waals surface area contributed by atoms with Crippen molar-refractivity contribution in [1.82, 2.24) is 0 Å². The summed E-state index contributed by atoms with van der Waals surface area (Å²) in [6.07, 6.45) is 2.19. The van der Waals surface area contributed by atoms with E-state index in [1.54, 1.807) is 19.2 Å². The molecule has 0 amide bonds. The van der Waals surface area contributed by atoms with Crippen LogP contribution in [-0.2, 0) is 4.79 Å². The van der Waals surface area contributed by atoms with Crippen LogP contribution in [0.2, 0.25) is 0 Å². The topological polar surface area (TPSA) is 65.0 Å². The fourth-order valence-electron chi connectivity index (χ4n) is 3.06. The average Bonchev–Trinajstić information content (AvgIpc) is 2.60. The van der Waals surface area contributed by atoms with Gasteiger partial charge in [0, 0.05) is 23.1 Å². The smallest absolute Gasteiger partial charge is 0.312 e. The number of carbonyl (C=O) groups is 1. The van der Waals surface area contributed by atoms with Gasteiger partial charge in [-0.05, 0) is 18.6 Å². The Hall–Kier alpha value is -2.69. The number of rotatable bonds is 6. The summed E-state index contributed by atoms with van der Waals surface area (Å²) in [5.41, 5.74) is 1.74. The second kappa shape index (κ2) is 7.47. The van der Waals surface area contributed by atoms with Crippen LogP contribution in [-0.4, -0.2) is 24.8 Å². The monoisotopic (exact) mass is 342 g/mol. The Balaban J connectivity index is 2.05. The van der Waals surface area contributed by atoms with Crippen LogP contribution in [0, 0.1) is 0 Å². The van der Waals surface area contributed by atoms with Crippen molar-refractivity contribution < 1.29 is 24.1 Å². The lowest BCUT2D eigenvalue weighted by Crippen LogP contribution is -2.21. The van der Waals surface area contributed by atoms with Crippen LogP contribution in [0.1, 0.15) is 43.2 Å². The number of ether oxygens (including phenoxy) is 3. The minimum absolute atomic E-state index is 0.0669. The number of unbranched alkanes of at least 4 members (excludes halogenated alkanes) is 1. The predicted octanol–water partition coefficient (Wildman–Crippen LogP) is 4.02. The second-order valence-electron chi connectivity index (χ2n) is 6.03. The molecule has 5 nitrogen and oxygen atoms in total. The van der Waals surface area contributed by atoms with Gasteiger partial charge in [-0.15, -0.1) is 0 Å². The molecule has 0 fully saturated rings. The second-order valence-corrected chi connectivity index (χ2v) is 6.03. The summed E-state index contributed by atoms with van der Waals surface area (Å²) in [6, 6.07) is 10.5. The molecule has 1 N–H and O–H groups in total. The van der Waals surface area contributed by atoms with Gasteiger partial charge in [-0.3, -0.25) is 4.79 Å². The van der Waals surface area contributed by atoms with Gasteiger partial charge < -0.3 is 19.3 Å². The van der Waals surface area contributed by atoms with Gasteiger partial charge in [0.15, 0.2) is 11.5 Å². The van der Waals surface area contributed by atoms with E-state index >= 15 is 0 Å². The number of phenols is 1. The van der Waals surface area contributed by atoms with E-state index < -0.39 is 0 Å². The van der Waals surface area contributed by atoms with Crippen molar-refractivity contribution in [3.05, 3.63) is 47.5 Å². The number of esters is 1. The van der Waals surface area contributed by atoms with Gasteiger partial charge in [-0.25, -0.2) is 0 Å². The quantitative estimate of drug-likeness (QED) is 0.488. The fraction of sp³-hybridized carbons (Fsp3) is 0.350. The summed E-state index contributed by atoms with van der Waals surface area (Å²) in [5.74, 6) is 1.24. The van der Waals surface area contributed by atoms with E-state index in [1.165, 1.54) is 6.07 Å². The van der Waals surface area contributed by atoms with Gasteiger partial charge >= 0.3 is 5.97 Å². The van der Waals surface area contributed by atoms with Gasteiger partial charge in [0.25, 0.3) is 0 Å². The molecule has 0 spiro atoms. The molecule has 1 atom stereocenters. The molecule has 0 saturated carbocycles. The summed E-state index contributed by atoms with van der Waals surface area (Å²) >= 11 is 0. The lowest BCUT2D eigenvalue weighted by atomic mass is 9.85. The van der Waals surface area contributed by atoms with Gasteiger partial charge in [-0.1, -0.05) is 31.5 Å². The molecule has 0 saturated heterocycles. The van der Waals surface area contributed by atoms with Crippen molar-refractivity contribution in [3.8, 4) is 23.0 Å². The van der Waals surface area contributed by atoms with Crippen LogP contribution in [0.4, 0.5) is 0 Å². The Labute approximate surface area is 147 Å². The van der Waals surface area contributed by atoms with Crippen LogP contribution >= 0.6 is 0 Å². The minimum atomic E-state index is -0.328. The largest absolute Gasteiger partial charge is 0.508 e. The van der Waals surface area contributed by atoms with Crippen LogP contribution in [0.5, 0.6) is 23.0 Å². The highest BCUT2D eigenvalue weighted by Gasteiger charge is 2.31. The summed E-state index contributed by atoms with van der Waals surface area (Å²) in [7, 11) is 1.60. The van der Waals surface area contributed by atoms with Crippen molar-refractivity contribution in [2.45, 2.75) is 32.1 Å². The molecular weight excluding hydrogens is 320 g/mol. The third kappa shape index (κ3) is 3.55. The van der Waals surface area contributed by atoms with Gasteiger partial charge in [-0.2, -0.15) is 0 Å². The number of carbonyl (C=O) groups excluding carboxylic acids is 1. The van der Waals surface area contributed by atoms with Gasteiger partial charge in [0.2, 0.25) is 0 Å². The average molecular weight is 342 g/mol. The molecule has 3 rings (SSSR count). The summed E-state index contributed by atoms with van der Waals surface area (Å²) in [5, 5.41) is 9.68. The molecule has 1 aliphatic rings. The Kier molecular flexibility index (Phi) is 5.12. The SMILES string of the molecule is CCCCOc1c(OC)cccc1C1CC(=O)Oc2cc(O)ccc21. The highest BCUT2D eigenvalue weighted by Crippen LogP contribution is 2.45. The zero-order valence-corrected chi connectivity index (χ0v) is 14.5. The summed E-state index contributed by atoms with van der Waals surface area (Å²) in [6.45, 7) is 2.69. The minimum Gasteiger partial charge on any atom is -0.508 e. The van der Waals surface area contributed by atoms with E-state index in [4.69, 9.17) is 14.2 Å². The first-order valence-electron chi connectivity index (χ1n) is 8.47. The highest BCUT2D eigenvalue weighted by atomic mass is 16.5. The van der Waals surface area contributed by atoms with Crippen LogP contribution in [0.15, 0.2) is 36.4 Å². The van der Waals surface area contributed by atoms with E-state index in [0.29, 0.717) is 23.9 Å². The molecule has 1 unspecified atom stereocenters. The van der Waals surface area contributed by atoms with Gasteiger partial charge in [0.05, 0.1) is 20.1 Å². The molecule has 0 aromatic heterocycles. The molecule has 2 aromatic carbocycles. The van der Waals surface area contributed by atoms with Crippen LogP contribution < -0.4 is 14.2 Å². The maximum atomic E-state index is 12.1. The Bertz CT molecular complexity index is 769. The van der Waals surface area contributed by atoms with Crippen molar-refractivity contribution in [3.63, 3.8) is 0 Å². The maximum absolute atomic E-state index is 12.1. The lowest BCUT2D eigenvalue weighted by Gasteiger charge is -2.27. The summed E-state index contributed by atoms with van der Waals surface area (Å²) in [4.78, 5) is 12.1. The lowest BCUT2D eigenvalue weighted by molar-refractivity contribution is -0.135. The number of fused-ring (bicyclic) bond motifs is 1. The molecule has 1 aliphatic heterocycles. The molecule has 0 aliphatic carbocycles. The van der Waals surface area contributed by atoms with Crippen molar-refractivity contribution in [1.29, 1.82) is 0 Å². The molecule has 25 heavy (non-hydrogen) atoms. The number of phenolic OH excluding ortho intramolecular Hbond substituents is 1. The van der Waals surface area contributed by atoms with Crippen LogP contribution in [0.3, 0.4) is 0 Å². The third-order valence-electron chi connectivity index (χ3n) is 4.32. The zero-order chi connectivity index (χ0) is 17.8. The van der Waals surface area contributed by atoms with E-state index in [1.807, 2.05) is 18.2 Å². The number of para-hydroxylation sites is 1. The Morgan fingerprint density at radius 3 is 2.84 bits per heavy atom. The first kappa shape index (κ1) is 17.1. The maximum Gasteiger partial charge on any atom is 0.312 e. The molecule has 132 valence electrons. The number of benzene rings is 2. The molecule has 0 radical (unpaired) electrons. The normalized spacial score (nSPS) is 16.1. The third-order valence-corrected chi connectivity index (χ3v) is 4.32. The molecular formula is C20H22O5. The molecule has 2 aromatic rings. The van der Waals surface area contributed by atoms with E-state index in [-0.39, 0.29) is 24.1 Å². The predicted molar refractivity (Wildman–Crippen MR) is 93.6 cm³/mol. The molecule has 5 heteroatoms. The van der Waals surface area contributed by atoms with Crippen molar-refractivity contribution in [2.24, 2.45) is 0 Å². The first-order valence-corrected chi connectivity index (χ1v) is 8.47. The first-order chi connectivity index (χ1) is 12.1. The van der Waals surface area contributed by atoms with E-state index in [2.05, 4.69) is 6.92 Å². The molecule has 1 heterocycles. The zero-order valence-electron chi connectivity index (χ0n) is 14.5. The van der Waals surface area contributed by atoms with Crippen LogP contribution in [0.25, 0.3) is 0 Å². The van der Waals surface area contributed by atoms with E-state index in [0.717, 1.165) is 24.0 Å². The fourth-order valence-corrected chi connectivity index (χ4v) is 3.06. The standard InChI is InChI=1S/C20H22O5/c1-3-4-10-24-20-15(6-5-7-17(20)23-2)16-12-19(22)25-18-11-13(21)8-9-14(16)18/h5-9,11,16,21H,3-4,10,12H2,1-2H3. The van der Waals surface area contributed by atoms with Gasteiger partial charge in [0.1, 0.15) is 11.5 Å². The number of methoxy groups -OCH3 is 1. The number of hydrogen-bond donors (Lipinski definition) is 1. The molecule has 0 bridgehead atoms. The number of aromatic hydroxyl groups is 1. The van der Waals surface area contributed by atoms with Crippen molar-refractivity contribution in [2.75, 3.05) is 13.7 Å². The number of hydrogen-bond acceptors (Lipinski definition) is 5. The summed E-state index contributed by atoms with van der Waals surface area (Å²) < 4.78 is 16.7. The van der Waals surface area contributed by atoms with Crippen molar-refractivity contribution >= 4 is 5.97 Å². The Morgan fingerprint density at radius 2 is 2.08 bits per heavy atom. The van der Waals surface area contributed by atoms with E-state index in [9.17, 15) is 9.90 Å². The Morgan fingerprint density at radius 1 is 1.24 bits per heavy atom.